The average Bonchev–Trinajstić information content (AvgIpc) is 2.82. The molecule has 0 spiro atoms. The van der Waals surface area contributed by atoms with Gasteiger partial charge in [0.25, 0.3) is 0 Å². The molecule has 0 radical (unpaired) electrons. The van der Waals surface area contributed by atoms with Gasteiger partial charge in [-0.2, -0.15) is 0 Å². The molecule has 1 amide bonds. The van der Waals surface area contributed by atoms with Gasteiger partial charge in [-0.3, -0.25) is 4.79 Å². The molecule has 2 heterocycles. The number of carbonyl (C=O) groups is 1. The van der Waals surface area contributed by atoms with Crippen LogP contribution in [0.3, 0.4) is 0 Å². The fraction of sp³-hybridized carbons (Fsp3) is 0.938. The second-order valence-electron chi connectivity index (χ2n) is 7.04. The van der Waals surface area contributed by atoms with Crippen LogP contribution in [0, 0.1) is 5.92 Å². The van der Waals surface area contributed by atoms with Crippen molar-refractivity contribution in [2.75, 3.05) is 26.2 Å². The van der Waals surface area contributed by atoms with Crippen molar-refractivity contribution >= 4 is 5.91 Å². The number of rotatable bonds is 5. The monoisotopic (exact) mass is 281 g/mol. The number of amides is 1. The number of piperidine rings is 1. The first-order valence-electron chi connectivity index (χ1n) is 8.26. The van der Waals surface area contributed by atoms with Gasteiger partial charge in [0, 0.05) is 31.7 Å². The molecule has 4 heteroatoms. The normalized spacial score (nSPS) is 28.9. The molecule has 2 fully saturated rings. The Morgan fingerprint density at radius 1 is 1.20 bits per heavy atom. The van der Waals surface area contributed by atoms with Crippen LogP contribution in [-0.2, 0) is 4.79 Å². The Bertz CT molecular complexity index is 330. The molecule has 0 aromatic rings. The summed E-state index contributed by atoms with van der Waals surface area (Å²) in [5.74, 6) is 0.993. The number of hydrogen-bond acceptors (Lipinski definition) is 3. The smallest absolute Gasteiger partial charge is 0.239 e. The van der Waals surface area contributed by atoms with Crippen LogP contribution in [0.5, 0.6) is 0 Å². The van der Waals surface area contributed by atoms with Gasteiger partial charge in [0.05, 0.1) is 6.04 Å². The van der Waals surface area contributed by atoms with Crippen LogP contribution >= 0.6 is 0 Å². The van der Waals surface area contributed by atoms with Crippen molar-refractivity contribution in [3.05, 3.63) is 0 Å². The third kappa shape index (κ3) is 3.95. The molecule has 20 heavy (non-hydrogen) atoms. The van der Waals surface area contributed by atoms with Crippen LogP contribution in [0.25, 0.3) is 0 Å². The molecule has 1 N–H and O–H groups in total. The van der Waals surface area contributed by atoms with Crippen LogP contribution in [-0.4, -0.2) is 60.0 Å². The Labute approximate surface area is 123 Å². The number of carbonyl (C=O) groups excluding carboxylic acids is 1. The molecule has 0 bridgehead atoms. The van der Waals surface area contributed by atoms with Gasteiger partial charge in [-0.1, -0.05) is 13.8 Å². The minimum atomic E-state index is 0.0476. The van der Waals surface area contributed by atoms with Gasteiger partial charge in [-0.15, -0.1) is 0 Å². The highest BCUT2D eigenvalue weighted by Gasteiger charge is 2.32. The van der Waals surface area contributed by atoms with Crippen LogP contribution in [0.2, 0.25) is 0 Å². The molecule has 4 nitrogen and oxygen atoms in total. The van der Waals surface area contributed by atoms with Crippen molar-refractivity contribution < 1.29 is 4.79 Å². The molecule has 2 rings (SSSR count). The SMILES string of the molecule is CC(C)NC1CCCN(CC2CCN(C(C)C)C2)C1=O. The summed E-state index contributed by atoms with van der Waals surface area (Å²) in [4.78, 5) is 17.2. The van der Waals surface area contributed by atoms with Crippen LogP contribution < -0.4 is 5.32 Å². The third-order valence-corrected chi connectivity index (χ3v) is 4.59. The summed E-state index contributed by atoms with van der Waals surface area (Å²) < 4.78 is 0. The number of hydrogen-bond donors (Lipinski definition) is 1. The summed E-state index contributed by atoms with van der Waals surface area (Å²) in [5.41, 5.74) is 0. The van der Waals surface area contributed by atoms with Gasteiger partial charge in [0.2, 0.25) is 5.91 Å². The van der Waals surface area contributed by atoms with E-state index in [1.807, 2.05) is 0 Å². The first-order valence-corrected chi connectivity index (χ1v) is 8.26. The summed E-state index contributed by atoms with van der Waals surface area (Å²) in [6.07, 6.45) is 3.37. The summed E-state index contributed by atoms with van der Waals surface area (Å²) in [6.45, 7) is 13.0. The van der Waals surface area contributed by atoms with E-state index in [1.165, 1.54) is 13.0 Å². The lowest BCUT2D eigenvalue weighted by Crippen LogP contribution is -2.53. The first kappa shape index (κ1) is 15.8. The summed E-state index contributed by atoms with van der Waals surface area (Å²) in [6, 6.07) is 1.06. The highest BCUT2D eigenvalue weighted by Crippen LogP contribution is 2.22. The van der Waals surface area contributed by atoms with E-state index in [4.69, 9.17) is 0 Å². The molecular formula is C16H31N3O. The first-order chi connectivity index (χ1) is 9.47. The van der Waals surface area contributed by atoms with Gasteiger partial charge in [0.15, 0.2) is 0 Å². The topological polar surface area (TPSA) is 35.6 Å². The molecule has 2 aliphatic heterocycles. The largest absolute Gasteiger partial charge is 0.341 e. The maximum Gasteiger partial charge on any atom is 0.239 e. The second-order valence-corrected chi connectivity index (χ2v) is 7.04. The van der Waals surface area contributed by atoms with Crippen molar-refractivity contribution in [3.63, 3.8) is 0 Å². The van der Waals surface area contributed by atoms with Gasteiger partial charge < -0.3 is 15.1 Å². The van der Waals surface area contributed by atoms with Gasteiger partial charge in [-0.05, 0) is 45.6 Å². The maximum atomic E-state index is 12.5. The third-order valence-electron chi connectivity index (χ3n) is 4.59. The second kappa shape index (κ2) is 6.90. The van der Waals surface area contributed by atoms with Crippen molar-refractivity contribution in [2.24, 2.45) is 5.92 Å². The Morgan fingerprint density at radius 3 is 2.55 bits per heavy atom. The van der Waals surface area contributed by atoms with E-state index in [1.54, 1.807) is 0 Å². The molecule has 2 unspecified atom stereocenters. The lowest BCUT2D eigenvalue weighted by Gasteiger charge is -2.35. The van der Waals surface area contributed by atoms with E-state index < -0.39 is 0 Å². The summed E-state index contributed by atoms with van der Waals surface area (Å²) in [7, 11) is 0. The van der Waals surface area contributed by atoms with Crippen LogP contribution in [0.4, 0.5) is 0 Å². The molecule has 0 aliphatic carbocycles. The van der Waals surface area contributed by atoms with E-state index in [9.17, 15) is 4.79 Å². The number of likely N-dealkylation sites (tertiary alicyclic amines) is 2. The fourth-order valence-corrected chi connectivity index (χ4v) is 3.47. The Balaban J connectivity index is 1.85. The van der Waals surface area contributed by atoms with Crippen molar-refractivity contribution in [3.8, 4) is 0 Å². The Kier molecular flexibility index (Phi) is 5.44. The lowest BCUT2D eigenvalue weighted by molar-refractivity contribution is -0.136. The zero-order chi connectivity index (χ0) is 14.7. The molecule has 0 saturated carbocycles. The van der Waals surface area contributed by atoms with Crippen molar-refractivity contribution in [1.29, 1.82) is 0 Å². The van der Waals surface area contributed by atoms with Crippen LogP contribution in [0.15, 0.2) is 0 Å². The number of nitrogens with zero attached hydrogens (tertiary/aromatic N) is 2. The highest BCUT2D eigenvalue weighted by atomic mass is 16.2. The fourth-order valence-electron chi connectivity index (χ4n) is 3.47. The maximum absolute atomic E-state index is 12.5. The van der Waals surface area contributed by atoms with Gasteiger partial charge >= 0.3 is 0 Å². The molecule has 2 aliphatic rings. The molecular weight excluding hydrogens is 250 g/mol. The minimum absolute atomic E-state index is 0.0476. The Morgan fingerprint density at radius 2 is 1.95 bits per heavy atom. The van der Waals surface area contributed by atoms with Crippen LogP contribution in [0.1, 0.15) is 47.0 Å². The van der Waals surface area contributed by atoms with Crippen molar-refractivity contribution in [1.82, 2.24) is 15.1 Å². The molecule has 2 atom stereocenters. The predicted octanol–water partition coefficient (Wildman–Crippen LogP) is 1.71. The standard InChI is InChI=1S/C16H31N3O/c1-12(2)17-15-6-5-8-19(16(15)20)11-14-7-9-18(10-14)13(3)4/h12-15,17H,5-11H2,1-4H3. The summed E-state index contributed by atoms with van der Waals surface area (Å²) >= 11 is 0. The molecule has 0 aromatic carbocycles. The van der Waals surface area contributed by atoms with E-state index in [0.29, 0.717) is 23.9 Å². The van der Waals surface area contributed by atoms with E-state index in [2.05, 4.69) is 42.8 Å². The quantitative estimate of drug-likeness (QED) is 0.833. The lowest BCUT2D eigenvalue weighted by atomic mass is 10.0. The molecule has 2 saturated heterocycles. The zero-order valence-corrected chi connectivity index (χ0v) is 13.6. The molecule has 116 valence electrons. The number of nitrogens with one attached hydrogen (secondary N) is 1. The molecule has 0 aromatic heterocycles. The van der Waals surface area contributed by atoms with E-state index in [-0.39, 0.29) is 6.04 Å². The van der Waals surface area contributed by atoms with Gasteiger partial charge in [-0.25, -0.2) is 0 Å². The van der Waals surface area contributed by atoms with Gasteiger partial charge in [0.1, 0.15) is 0 Å². The zero-order valence-electron chi connectivity index (χ0n) is 13.6. The van der Waals surface area contributed by atoms with E-state index in [0.717, 1.165) is 32.5 Å². The van der Waals surface area contributed by atoms with Crippen molar-refractivity contribution in [2.45, 2.75) is 65.1 Å². The highest BCUT2D eigenvalue weighted by molar-refractivity contribution is 5.82. The van der Waals surface area contributed by atoms with E-state index >= 15 is 0 Å². The average molecular weight is 281 g/mol. The Hall–Kier alpha value is -0.610. The minimum Gasteiger partial charge on any atom is -0.341 e. The summed E-state index contributed by atoms with van der Waals surface area (Å²) in [5, 5.41) is 3.41. The predicted molar refractivity (Wildman–Crippen MR) is 82.7 cm³/mol.